The fourth-order valence-corrected chi connectivity index (χ4v) is 2.42. The molecule has 0 spiro atoms. The van der Waals surface area contributed by atoms with Crippen molar-refractivity contribution in [1.82, 2.24) is 5.32 Å². The van der Waals surface area contributed by atoms with E-state index in [9.17, 15) is 9.90 Å². The largest absolute Gasteiger partial charge is 0.387 e. The van der Waals surface area contributed by atoms with Crippen molar-refractivity contribution in [3.63, 3.8) is 0 Å². The van der Waals surface area contributed by atoms with Gasteiger partial charge in [0.05, 0.1) is 6.10 Å². The number of carbonyl (C=O) groups excluding carboxylic acids is 1. The molecule has 100 valence electrons. The van der Waals surface area contributed by atoms with E-state index in [2.05, 4.69) is 5.32 Å². The van der Waals surface area contributed by atoms with Crippen molar-refractivity contribution >= 4 is 17.7 Å². The number of carbonyl (C=O) groups is 1. The number of aliphatic hydroxyl groups excluding tert-OH is 1. The molecule has 0 radical (unpaired) electrons. The molecule has 3 nitrogen and oxygen atoms in total. The van der Waals surface area contributed by atoms with E-state index >= 15 is 0 Å². The van der Waals surface area contributed by atoms with Crippen LogP contribution in [0, 0.1) is 12.8 Å². The molecule has 1 rings (SSSR count). The van der Waals surface area contributed by atoms with E-state index in [1.807, 2.05) is 44.4 Å². The standard InChI is InChI=1S/C14H21NO2S/c1-10-6-4-5-7-12(10)13(16)8-15-14(17)11(2)9-18-3/h4-7,11,13,16H,8-9H2,1-3H3,(H,15,17)/t11-,13+/m0/s1. The second kappa shape index (κ2) is 7.44. The molecule has 4 heteroatoms. The first-order chi connectivity index (χ1) is 8.56. The number of rotatable bonds is 6. The van der Waals surface area contributed by atoms with Crippen LogP contribution < -0.4 is 5.32 Å². The van der Waals surface area contributed by atoms with E-state index < -0.39 is 6.10 Å². The van der Waals surface area contributed by atoms with Gasteiger partial charge in [-0.1, -0.05) is 31.2 Å². The van der Waals surface area contributed by atoms with Crippen molar-refractivity contribution in [2.24, 2.45) is 5.92 Å². The summed E-state index contributed by atoms with van der Waals surface area (Å²) in [6.45, 7) is 4.12. The van der Waals surface area contributed by atoms with E-state index in [-0.39, 0.29) is 18.4 Å². The lowest BCUT2D eigenvalue weighted by molar-refractivity contribution is -0.124. The number of aliphatic hydroxyl groups is 1. The van der Waals surface area contributed by atoms with E-state index in [0.29, 0.717) is 0 Å². The van der Waals surface area contributed by atoms with Crippen LogP contribution in [0.15, 0.2) is 24.3 Å². The van der Waals surface area contributed by atoms with Gasteiger partial charge >= 0.3 is 0 Å². The summed E-state index contributed by atoms with van der Waals surface area (Å²) in [6, 6.07) is 7.67. The highest BCUT2D eigenvalue weighted by Crippen LogP contribution is 2.16. The molecule has 0 bridgehead atoms. The highest BCUT2D eigenvalue weighted by molar-refractivity contribution is 7.98. The summed E-state index contributed by atoms with van der Waals surface area (Å²) >= 11 is 1.65. The van der Waals surface area contributed by atoms with Crippen LogP contribution in [0.25, 0.3) is 0 Å². The Bertz CT molecular complexity index is 395. The molecule has 18 heavy (non-hydrogen) atoms. The predicted octanol–water partition coefficient (Wildman–Crippen LogP) is 2.14. The van der Waals surface area contributed by atoms with E-state index in [4.69, 9.17) is 0 Å². The van der Waals surface area contributed by atoms with Crippen LogP contribution in [0.1, 0.15) is 24.2 Å². The number of benzene rings is 1. The second-order valence-electron chi connectivity index (χ2n) is 4.47. The smallest absolute Gasteiger partial charge is 0.223 e. The minimum Gasteiger partial charge on any atom is -0.387 e. The Kier molecular flexibility index (Phi) is 6.22. The summed E-state index contributed by atoms with van der Waals surface area (Å²) in [7, 11) is 0. The molecule has 2 atom stereocenters. The molecule has 1 amide bonds. The van der Waals surface area contributed by atoms with Gasteiger partial charge in [0, 0.05) is 18.2 Å². The number of amides is 1. The number of thioether (sulfide) groups is 1. The first-order valence-corrected chi connectivity index (χ1v) is 7.46. The molecule has 0 aromatic heterocycles. The molecular weight excluding hydrogens is 246 g/mol. The SMILES string of the molecule is CSC[C@H](C)C(=O)NC[C@@H](O)c1ccccc1C. The maximum atomic E-state index is 11.7. The molecule has 0 fully saturated rings. The quantitative estimate of drug-likeness (QED) is 0.830. The van der Waals surface area contributed by atoms with E-state index in [0.717, 1.165) is 16.9 Å². The average Bonchev–Trinajstić information content (AvgIpc) is 2.36. The normalized spacial score (nSPS) is 14.0. The molecular formula is C14H21NO2S. The average molecular weight is 267 g/mol. The minimum absolute atomic E-state index is 0.00279. The summed E-state index contributed by atoms with van der Waals surface area (Å²) in [4.78, 5) is 11.7. The van der Waals surface area contributed by atoms with Gasteiger partial charge in [0.2, 0.25) is 5.91 Å². The number of hydrogen-bond donors (Lipinski definition) is 2. The van der Waals surface area contributed by atoms with Gasteiger partial charge in [0.1, 0.15) is 0 Å². The third-order valence-electron chi connectivity index (χ3n) is 2.88. The van der Waals surface area contributed by atoms with E-state index in [1.165, 1.54) is 0 Å². The van der Waals surface area contributed by atoms with Crippen LogP contribution in [0.3, 0.4) is 0 Å². The van der Waals surface area contributed by atoms with Crippen molar-refractivity contribution in [3.8, 4) is 0 Å². The van der Waals surface area contributed by atoms with Gasteiger partial charge in [0.25, 0.3) is 0 Å². The maximum absolute atomic E-state index is 11.7. The third kappa shape index (κ3) is 4.35. The zero-order valence-electron chi connectivity index (χ0n) is 11.1. The van der Waals surface area contributed by atoms with Crippen molar-refractivity contribution < 1.29 is 9.90 Å². The Morgan fingerprint density at radius 3 is 2.72 bits per heavy atom. The van der Waals surface area contributed by atoms with Crippen LogP contribution in [0.5, 0.6) is 0 Å². The van der Waals surface area contributed by atoms with Gasteiger partial charge in [-0.2, -0.15) is 11.8 Å². The van der Waals surface area contributed by atoms with Gasteiger partial charge in [0.15, 0.2) is 0 Å². The van der Waals surface area contributed by atoms with Gasteiger partial charge in [-0.05, 0) is 24.3 Å². The summed E-state index contributed by atoms with van der Waals surface area (Å²) in [5.74, 6) is 0.771. The number of hydrogen-bond acceptors (Lipinski definition) is 3. The second-order valence-corrected chi connectivity index (χ2v) is 5.38. The maximum Gasteiger partial charge on any atom is 0.223 e. The third-order valence-corrected chi connectivity index (χ3v) is 3.71. The topological polar surface area (TPSA) is 49.3 Å². The highest BCUT2D eigenvalue weighted by Gasteiger charge is 2.15. The number of nitrogens with one attached hydrogen (secondary N) is 1. The molecule has 0 saturated heterocycles. The molecule has 0 aliphatic heterocycles. The van der Waals surface area contributed by atoms with Crippen LogP contribution in [-0.4, -0.2) is 29.6 Å². The molecule has 0 aliphatic rings. The first-order valence-electron chi connectivity index (χ1n) is 6.06. The number of aryl methyl sites for hydroxylation is 1. The lowest BCUT2D eigenvalue weighted by Gasteiger charge is -2.16. The monoisotopic (exact) mass is 267 g/mol. The van der Waals surface area contributed by atoms with Crippen molar-refractivity contribution in [2.75, 3.05) is 18.6 Å². The lowest BCUT2D eigenvalue weighted by Crippen LogP contribution is -2.33. The molecule has 0 unspecified atom stereocenters. The minimum atomic E-state index is -0.642. The zero-order chi connectivity index (χ0) is 13.5. The summed E-state index contributed by atoms with van der Waals surface area (Å²) < 4.78 is 0. The highest BCUT2D eigenvalue weighted by atomic mass is 32.2. The van der Waals surface area contributed by atoms with Crippen LogP contribution in [0.2, 0.25) is 0 Å². The fraction of sp³-hybridized carbons (Fsp3) is 0.500. The van der Waals surface area contributed by atoms with Crippen molar-refractivity contribution in [3.05, 3.63) is 35.4 Å². The first kappa shape index (κ1) is 15.1. The summed E-state index contributed by atoms with van der Waals surface area (Å²) in [5.41, 5.74) is 1.91. The van der Waals surface area contributed by atoms with Crippen LogP contribution in [-0.2, 0) is 4.79 Å². The summed E-state index contributed by atoms with van der Waals surface area (Å²) in [5, 5.41) is 12.8. The van der Waals surface area contributed by atoms with Gasteiger partial charge < -0.3 is 10.4 Å². The predicted molar refractivity (Wildman–Crippen MR) is 76.7 cm³/mol. The Labute approximate surface area is 113 Å². The molecule has 1 aromatic carbocycles. The van der Waals surface area contributed by atoms with Gasteiger partial charge in [-0.15, -0.1) is 0 Å². The van der Waals surface area contributed by atoms with Gasteiger partial charge in [-0.25, -0.2) is 0 Å². The Balaban J connectivity index is 2.49. The molecule has 0 heterocycles. The molecule has 1 aromatic rings. The van der Waals surface area contributed by atoms with Crippen molar-refractivity contribution in [1.29, 1.82) is 0 Å². The molecule has 0 saturated carbocycles. The van der Waals surface area contributed by atoms with E-state index in [1.54, 1.807) is 11.8 Å². The Morgan fingerprint density at radius 2 is 2.11 bits per heavy atom. The van der Waals surface area contributed by atoms with Crippen LogP contribution >= 0.6 is 11.8 Å². The Morgan fingerprint density at radius 1 is 1.44 bits per heavy atom. The zero-order valence-corrected chi connectivity index (χ0v) is 12.0. The lowest BCUT2D eigenvalue weighted by atomic mass is 10.0. The molecule has 2 N–H and O–H groups in total. The summed E-state index contributed by atoms with van der Waals surface area (Å²) in [6.07, 6.45) is 1.34. The van der Waals surface area contributed by atoms with Crippen LogP contribution in [0.4, 0.5) is 0 Å². The van der Waals surface area contributed by atoms with Crippen molar-refractivity contribution in [2.45, 2.75) is 20.0 Å². The Hall–Kier alpha value is -1.00. The van der Waals surface area contributed by atoms with Gasteiger partial charge in [-0.3, -0.25) is 4.79 Å². The molecule has 0 aliphatic carbocycles. The fourth-order valence-electron chi connectivity index (χ4n) is 1.77.